The standard InChI is InChI=1S/C14H18ClNO2/c1-10(2)9-16(7-6-14(17)18)13-5-4-12(15)8-11(13)3/h4-5,8H,1,6-7,9H2,2-3H3,(H,17,18). The average molecular weight is 268 g/mol. The number of carboxylic acids is 1. The van der Waals surface area contributed by atoms with E-state index in [0.29, 0.717) is 18.1 Å². The first-order valence-corrected chi connectivity index (χ1v) is 6.15. The van der Waals surface area contributed by atoms with Gasteiger partial charge in [-0.1, -0.05) is 23.8 Å². The molecule has 0 aromatic heterocycles. The number of hydrogen-bond donors (Lipinski definition) is 1. The van der Waals surface area contributed by atoms with Gasteiger partial charge in [-0.25, -0.2) is 0 Å². The highest BCUT2D eigenvalue weighted by Crippen LogP contribution is 2.24. The van der Waals surface area contributed by atoms with Crippen molar-refractivity contribution in [3.05, 3.63) is 40.9 Å². The van der Waals surface area contributed by atoms with E-state index in [2.05, 4.69) is 6.58 Å². The summed E-state index contributed by atoms with van der Waals surface area (Å²) in [5.74, 6) is -0.798. The van der Waals surface area contributed by atoms with E-state index < -0.39 is 5.97 Å². The summed E-state index contributed by atoms with van der Waals surface area (Å²) in [5, 5.41) is 9.47. The van der Waals surface area contributed by atoms with Gasteiger partial charge in [-0.05, 0) is 37.6 Å². The molecule has 18 heavy (non-hydrogen) atoms. The van der Waals surface area contributed by atoms with Crippen molar-refractivity contribution in [2.24, 2.45) is 0 Å². The lowest BCUT2D eigenvalue weighted by atomic mass is 10.1. The Balaban J connectivity index is 2.93. The Bertz CT molecular complexity index is 457. The molecular weight excluding hydrogens is 250 g/mol. The molecule has 1 N–H and O–H groups in total. The molecule has 0 aliphatic heterocycles. The number of benzene rings is 1. The highest BCUT2D eigenvalue weighted by molar-refractivity contribution is 6.30. The minimum Gasteiger partial charge on any atom is -0.481 e. The molecule has 0 aliphatic carbocycles. The zero-order valence-electron chi connectivity index (χ0n) is 10.7. The van der Waals surface area contributed by atoms with Crippen LogP contribution in [-0.2, 0) is 4.79 Å². The number of carboxylic acid groups (broad SMARTS) is 1. The topological polar surface area (TPSA) is 40.5 Å². The van der Waals surface area contributed by atoms with Gasteiger partial charge in [0.2, 0.25) is 0 Å². The van der Waals surface area contributed by atoms with E-state index >= 15 is 0 Å². The minimum absolute atomic E-state index is 0.106. The van der Waals surface area contributed by atoms with Gasteiger partial charge in [0.25, 0.3) is 0 Å². The molecular formula is C14H18ClNO2. The molecule has 3 nitrogen and oxygen atoms in total. The lowest BCUT2D eigenvalue weighted by Crippen LogP contribution is -2.28. The summed E-state index contributed by atoms with van der Waals surface area (Å²) < 4.78 is 0. The number of carbonyl (C=O) groups is 1. The van der Waals surface area contributed by atoms with E-state index in [4.69, 9.17) is 16.7 Å². The monoisotopic (exact) mass is 267 g/mol. The Hall–Kier alpha value is -1.48. The molecule has 1 aromatic rings. The van der Waals surface area contributed by atoms with Gasteiger partial charge in [-0.2, -0.15) is 0 Å². The van der Waals surface area contributed by atoms with Crippen LogP contribution in [0.5, 0.6) is 0 Å². The maximum absolute atomic E-state index is 10.7. The molecule has 98 valence electrons. The molecule has 0 unspecified atom stereocenters. The summed E-state index contributed by atoms with van der Waals surface area (Å²) in [5.41, 5.74) is 3.03. The van der Waals surface area contributed by atoms with E-state index in [-0.39, 0.29) is 6.42 Å². The number of rotatable bonds is 6. The van der Waals surface area contributed by atoms with Crippen LogP contribution in [0.3, 0.4) is 0 Å². The van der Waals surface area contributed by atoms with E-state index in [9.17, 15) is 4.79 Å². The van der Waals surface area contributed by atoms with Crippen molar-refractivity contribution in [3.63, 3.8) is 0 Å². The van der Waals surface area contributed by atoms with Gasteiger partial charge in [0.05, 0.1) is 6.42 Å². The van der Waals surface area contributed by atoms with Gasteiger partial charge < -0.3 is 10.0 Å². The second-order valence-electron chi connectivity index (χ2n) is 4.45. The predicted molar refractivity (Wildman–Crippen MR) is 75.5 cm³/mol. The number of aryl methyl sites for hydroxylation is 1. The maximum atomic E-state index is 10.7. The molecule has 0 radical (unpaired) electrons. The smallest absolute Gasteiger partial charge is 0.305 e. The number of nitrogens with zero attached hydrogens (tertiary/aromatic N) is 1. The largest absolute Gasteiger partial charge is 0.481 e. The summed E-state index contributed by atoms with van der Waals surface area (Å²) in [6, 6.07) is 5.61. The SMILES string of the molecule is C=C(C)CN(CCC(=O)O)c1ccc(Cl)cc1C. The molecule has 0 bridgehead atoms. The maximum Gasteiger partial charge on any atom is 0.305 e. The fraction of sp³-hybridized carbons (Fsp3) is 0.357. The highest BCUT2D eigenvalue weighted by atomic mass is 35.5. The molecule has 1 rings (SSSR count). The van der Waals surface area contributed by atoms with E-state index in [0.717, 1.165) is 16.8 Å². The first-order chi connectivity index (χ1) is 8.40. The van der Waals surface area contributed by atoms with Crippen molar-refractivity contribution in [1.82, 2.24) is 0 Å². The van der Waals surface area contributed by atoms with Crippen LogP contribution < -0.4 is 4.90 Å². The van der Waals surface area contributed by atoms with Crippen LogP contribution in [0.15, 0.2) is 30.4 Å². The molecule has 4 heteroatoms. The zero-order chi connectivity index (χ0) is 13.7. The lowest BCUT2D eigenvalue weighted by Gasteiger charge is -2.26. The molecule has 0 aliphatic rings. The van der Waals surface area contributed by atoms with Gasteiger partial charge in [0.1, 0.15) is 0 Å². The van der Waals surface area contributed by atoms with E-state index in [1.165, 1.54) is 0 Å². The second-order valence-corrected chi connectivity index (χ2v) is 4.89. The van der Waals surface area contributed by atoms with Crippen LogP contribution in [0.2, 0.25) is 5.02 Å². The molecule has 0 fully saturated rings. The second kappa shape index (κ2) is 6.45. The minimum atomic E-state index is -0.798. The Morgan fingerprint density at radius 1 is 1.50 bits per heavy atom. The summed E-state index contributed by atoms with van der Waals surface area (Å²) in [4.78, 5) is 12.7. The van der Waals surface area contributed by atoms with Gasteiger partial charge in [-0.3, -0.25) is 4.79 Å². The van der Waals surface area contributed by atoms with Crippen LogP contribution in [0.25, 0.3) is 0 Å². The first-order valence-electron chi connectivity index (χ1n) is 5.77. The van der Waals surface area contributed by atoms with Crippen molar-refractivity contribution in [3.8, 4) is 0 Å². The third kappa shape index (κ3) is 4.41. The van der Waals surface area contributed by atoms with Crippen molar-refractivity contribution in [1.29, 1.82) is 0 Å². The summed E-state index contributed by atoms with van der Waals surface area (Å²) in [6.45, 7) is 8.89. The molecule has 0 heterocycles. The quantitative estimate of drug-likeness (QED) is 0.802. The Morgan fingerprint density at radius 3 is 2.67 bits per heavy atom. The number of halogens is 1. The average Bonchev–Trinajstić information content (AvgIpc) is 2.24. The van der Waals surface area contributed by atoms with Crippen molar-refractivity contribution in [2.45, 2.75) is 20.3 Å². The van der Waals surface area contributed by atoms with Crippen LogP contribution in [0, 0.1) is 6.92 Å². The third-order valence-electron chi connectivity index (χ3n) is 2.56. The molecule has 1 aromatic carbocycles. The third-order valence-corrected chi connectivity index (χ3v) is 2.79. The normalized spacial score (nSPS) is 10.2. The zero-order valence-corrected chi connectivity index (χ0v) is 11.5. The molecule has 0 saturated carbocycles. The number of hydrogen-bond acceptors (Lipinski definition) is 2. The molecule has 0 spiro atoms. The van der Waals surface area contributed by atoms with Gasteiger partial charge >= 0.3 is 5.97 Å². The number of aliphatic carboxylic acids is 1. The van der Waals surface area contributed by atoms with E-state index in [1.54, 1.807) is 0 Å². The van der Waals surface area contributed by atoms with Crippen LogP contribution >= 0.6 is 11.6 Å². The Morgan fingerprint density at radius 2 is 2.17 bits per heavy atom. The van der Waals surface area contributed by atoms with Crippen LogP contribution in [-0.4, -0.2) is 24.2 Å². The Kier molecular flexibility index (Phi) is 5.23. The van der Waals surface area contributed by atoms with Crippen LogP contribution in [0.4, 0.5) is 5.69 Å². The fourth-order valence-electron chi connectivity index (χ4n) is 1.81. The van der Waals surface area contributed by atoms with Crippen molar-refractivity contribution >= 4 is 23.3 Å². The predicted octanol–water partition coefficient (Wildman–Crippen LogP) is 3.51. The molecule has 0 amide bonds. The highest BCUT2D eigenvalue weighted by Gasteiger charge is 2.11. The van der Waals surface area contributed by atoms with Crippen LogP contribution in [0.1, 0.15) is 18.9 Å². The van der Waals surface area contributed by atoms with Gasteiger partial charge in [-0.15, -0.1) is 0 Å². The summed E-state index contributed by atoms with van der Waals surface area (Å²) in [7, 11) is 0. The molecule has 0 atom stereocenters. The van der Waals surface area contributed by atoms with Crippen molar-refractivity contribution in [2.75, 3.05) is 18.0 Å². The van der Waals surface area contributed by atoms with Crippen molar-refractivity contribution < 1.29 is 9.90 Å². The number of anilines is 1. The summed E-state index contributed by atoms with van der Waals surface area (Å²) >= 11 is 5.92. The lowest BCUT2D eigenvalue weighted by molar-refractivity contribution is -0.136. The Labute approximate surface area is 113 Å². The fourth-order valence-corrected chi connectivity index (χ4v) is 2.04. The van der Waals surface area contributed by atoms with Gasteiger partial charge in [0, 0.05) is 23.8 Å². The van der Waals surface area contributed by atoms with Gasteiger partial charge in [0.15, 0.2) is 0 Å². The molecule has 0 saturated heterocycles. The first kappa shape index (κ1) is 14.6. The van der Waals surface area contributed by atoms with E-state index in [1.807, 2.05) is 36.9 Å². The summed E-state index contributed by atoms with van der Waals surface area (Å²) in [6.07, 6.45) is 0.106.